The number of para-hydroxylation sites is 1. The van der Waals surface area contributed by atoms with Gasteiger partial charge in [-0.3, -0.25) is 4.99 Å². The van der Waals surface area contributed by atoms with Crippen molar-refractivity contribution in [3.63, 3.8) is 0 Å². The average molecular weight is 299 g/mol. The molecule has 0 atom stereocenters. The Morgan fingerprint density at radius 2 is 1.77 bits per heavy atom. The van der Waals surface area contributed by atoms with E-state index in [1.807, 2.05) is 48.5 Å². The van der Waals surface area contributed by atoms with Crippen LogP contribution in [0.5, 0.6) is 11.5 Å². The summed E-state index contributed by atoms with van der Waals surface area (Å²) in [4.78, 5) is 4.32. The molecular weight excluding hydrogens is 278 g/mol. The van der Waals surface area contributed by atoms with Gasteiger partial charge in [-0.25, -0.2) is 0 Å². The first-order valence-electron chi connectivity index (χ1n) is 7.06. The van der Waals surface area contributed by atoms with Crippen LogP contribution in [0, 0.1) is 0 Å². The molecule has 0 fully saturated rings. The lowest BCUT2D eigenvalue weighted by Gasteiger charge is -2.09. The molecule has 0 aliphatic carbocycles. The molecule has 0 saturated carbocycles. The largest absolute Gasteiger partial charge is 0.493 e. The molecule has 0 aromatic heterocycles. The Kier molecular flexibility index (Phi) is 5.65. The summed E-state index contributed by atoms with van der Waals surface area (Å²) in [6.45, 7) is 0.598. The van der Waals surface area contributed by atoms with E-state index in [4.69, 9.17) is 15.2 Å². The summed E-state index contributed by atoms with van der Waals surface area (Å²) in [5, 5.41) is 3.05. The minimum atomic E-state index is 0.409. The smallest absolute Gasteiger partial charge is 0.193 e. The van der Waals surface area contributed by atoms with Crippen LogP contribution in [0.3, 0.4) is 0 Å². The van der Waals surface area contributed by atoms with Gasteiger partial charge < -0.3 is 20.5 Å². The summed E-state index contributed by atoms with van der Waals surface area (Å²) in [6, 6.07) is 15.6. The van der Waals surface area contributed by atoms with Gasteiger partial charge in [0.1, 0.15) is 0 Å². The standard InChI is InChI=1S/C17H21N3O2/c1-21-15-9-8-13(12-16(15)22-2)10-11-19-17(18)20-14-6-4-3-5-7-14/h3-9,12H,10-11H2,1-2H3,(H3,18,19,20). The lowest BCUT2D eigenvalue weighted by Crippen LogP contribution is -2.23. The number of nitrogens with two attached hydrogens (primary N) is 1. The highest BCUT2D eigenvalue weighted by Crippen LogP contribution is 2.27. The number of hydrogen-bond acceptors (Lipinski definition) is 3. The molecule has 0 radical (unpaired) electrons. The monoisotopic (exact) mass is 299 g/mol. The summed E-state index contributed by atoms with van der Waals surface area (Å²) in [7, 11) is 3.25. The fourth-order valence-corrected chi connectivity index (χ4v) is 2.05. The third kappa shape index (κ3) is 4.41. The Morgan fingerprint density at radius 3 is 2.45 bits per heavy atom. The molecule has 2 aromatic carbocycles. The van der Waals surface area contributed by atoms with E-state index in [0.29, 0.717) is 12.5 Å². The van der Waals surface area contributed by atoms with E-state index < -0.39 is 0 Å². The number of rotatable bonds is 6. The Morgan fingerprint density at radius 1 is 1.05 bits per heavy atom. The van der Waals surface area contributed by atoms with Gasteiger partial charge in [0.2, 0.25) is 0 Å². The topological polar surface area (TPSA) is 68.9 Å². The normalized spacial score (nSPS) is 11.1. The van der Waals surface area contributed by atoms with Crippen LogP contribution in [0.1, 0.15) is 5.56 Å². The van der Waals surface area contributed by atoms with Gasteiger partial charge in [0.05, 0.1) is 14.2 Å². The molecule has 0 heterocycles. The summed E-state index contributed by atoms with van der Waals surface area (Å²) in [6.07, 6.45) is 0.775. The van der Waals surface area contributed by atoms with Crippen LogP contribution < -0.4 is 20.5 Å². The lowest BCUT2D eigenvalue weighted by atomic mass is 10.1. The third-order valence-electron chi connectivity index (χ3n) is 3.18. The van der Waals surface area contributed by atoms with Gasteiger partial charge in [-0.2, -0.15) is 0 Å². The van der Waals surface area contributed by atoms with Gasteiger partial charge in [-0.05, 0) is 36.2 Å². The number of aliphatic imine (C=N–C) groups is 1. The summed E-state index contributed by atoms with van der Waals surface area (Å²) < 4.78 is 10.5. The highest BCUT2D eigenvalue weighted by Gasteiger charge is 2.04. The maximum absolute atomic E-state index is 5.87. The molecule has 3 N–H and O–H groups in total. The zero-order valence-electron chi connectivity index (χ0n) is 12.9. The molecular formula is C17H21N3O2. The second-order valence-electron chi connectivity index (χ2n) is 4.70. The predicted octanol–water partition coefficient (Wildman–Crippen LogP) is 2.67. The van der Waals surface area contributed by atoms with Crippen molar-refractivity contribution in [2.75, 3.05) is 26.1 Å². The van der Waals surface area contributed by atoms with Crippen LogP contribution in [0.2, 0.25) is 0 Å². The fourth-order valence-electron chi connectivity index (χ4n) is 2.05. The average Bonchev–Trinajstić information content (AvgIpc) is 2.55. The van der Waals surface area contributed by atoms with E-state index in [1.54, 1.807) is 14.2 Å². The van der Waals surface area contributed by atoms with E-state index in [-0.39, 0.29) is 0 Å². The SMILES string of the molecule is COc1ccc(CCN=C(N)Nc2ccccc2)cc1OC. The van der Waals surface area contributed by atoms with E-state index >= 15 is 0 Å². The second-order valence-corrected chi connectivity index (χ2v) is 4.70. The fraction of sp³-hybridized carbons (Fsp3) is 0.235. The molecule has 0 aliphatic heterocycles. The number of methoxy groups -OCH3 is 2. The van der Waals surface area contributed by atoms with Crippen molar-refractivity contribution < 1.29 is 9.47 Å². The van der Waals surface area contributed by atoms with E-state index in [9.17, 15) is 0 Å². The van der Waals surface area contributed by atoms with E-state index in [1.165, 1.54) is 0 Å². The quantitative estimate of drug-likeness (QED) is 0.635. The summed E-state index contributed by atoms with van der Waals surface area (Å²) >= 11 is 0. The first-order chi connectivity index (χ1) is 10.7. The number of anilines is 1. The first-order valence-corrected chi connectivity index (χ1v) is 7.06. The van der Waals surface area contributed by atoms with Gasteiger partial charge >= 0.3 is 0 Å². The van der Waals surface area contributed by atoms with Crippen molar-refractivity contribution in [1.29, 1.82) is 0 Å². The minimum absolute atomic E-state index is 0.409. The maximum atomic E-state index is 5.87. The van der Waals surface area contributed by atoms with Gasteiger partial charge in [-0.1, -0.05) is 24.3 Å². The molecule has 22 heavy (non-hydrogen) atoms. The number of nitrogens with zero attached hydrogens (tertiary/aromatic N) is 1. The Labute approximate surface area is 130 Å². The molecule has 2 rings (SSSR count). The molecule has 5 nitrogen and oxygen atoms in total. The van der Waals surface area contributed by atoms with Crippen molar-refractivity contribution >= 4 is 11.6 Å². The highest BCUT2D eigenvalue weighted by atomic mass is 16.5. The molecule has 5 heteroatoms. The van der Waals surface area contributed by atoms with Crippen LogP contribution >= 0.6 is 0 Å². The highest BCUT2D eigenvalue weighted by molar-refractivity contribution is 5.92. The number of ether oxygens (including phenoxy) is 2. The molecule has 116 valence electrons. The number of nitrogens with one attached hydrogen (secondary N) is 1. The zero-order chi connectivity index (χ0) is 15.8. The molecule has 0 bridgehead atoms. The number of hydrogen-bond donors (Lipinski definition) is 2. The maximum Gasteiger partial charge on any atom is 0.193 e. The van der Waals surface area contributed by atoms with Gasteiger partial charge in [0, 0.05) is 12.2 Å². The molecule has 0 aliphatic rings. The predicted molar refractivity (Wildman–Crippen MR) is 89.8 cm³/mol. The molecule has 0 spiro atoms. The summed E-state index contributed by atoms with van der Waals surface area (Å²) in [5.74, 6) is 1.85. The first kappa shape index (κ1) is 15.7. The van der Waals surface area contributed by atoms with Crippen LogP contribution in [-0.4, -0.2) is 26.7 Å². The van der Waals surface area contributed by atoms with Crippen molar-refractivity contribution in [1.82, 2.24) is 0 Å². The molecule has 2 aromatic rings. The van der Waals surface area contributed by atoms with Crippen molar-refractivity contribution in [3.05, 3.63) is 54.1 Å². The third-order valence-corrected chi connectivity index (χ3v) is 3.18. The molecule has 0 unspecified atom stereocenters. The van der Waals surface area contributed by atoms with Crippen molar-refractivity contribution in [3.8, 4) is 11.5 Å². The van der Waals surface area contributed by atoms with Crippen LogP contribution in [-0.2, 0) is 6.42 Å². The molecule has 0 amide bonds. The molecule has 0 saturated heterocycles. The van der Waals surface area contributed by atoms with E-state index in [2.05, 4.69) is 10.3 Å². The van der Waals surface area contributed by atoms with Crippen LogP contribution in [0.4, 0.5) is 5.69 Å². The van der Waals surface area contributed by atoms with Crippen LogP contribution in [0.25, 0.3) is 0 Å². The van der Waals surface area contributed by atoms with Crippen molar-refractivity contribution in [2.45, 2.75) is 6.42 Å². The Hall–Kier alpha value is -2.69. The zero-order valence-corrected chi connectivity index (χ0v) is 12.9. The van der Waals surface area contributed by atoms with Gasteiger partial charge in [0.15, 0.2) is 17.5 Å². The number of benzene rings is 2. The Balaban J connectivity index is 1.91. The van der Waals surface area contributed by atoms with Crippen LogP contribution in [0.15, 0.2) is 53.5 Å². The van der Waals surface area contributed by atoms with Gasteiger partial charge in [-0.15, -0.1) is 0 Å². The Bertz CT molecular complexity index is 627. The lowest BCUT2D eigenvalue weighted by molar-refractivity contribution is 0.354. The van der Waals surface area contributed by atoms with E-state index in [0.717, 1.165) is 29.2 Å². The van der Waals surface area contributed by atoms with Gasteiger partial charge in [0.25, 0.3) is 0 Å². The minimum Gasteiger partial charge on any atom is -0.493 e. The summed E-state index contributed by atoms with van der Waals surface area (Å²) in [5.41, 5.74) is 7.91. The number of guanidine groups is 1. The van der Waals surface area contributed by atoms with Crippen molar-refractivity contribution in [2.24, 2.45) is 10.7 Å². The second kappa shape index (κ2) is 7.93.